The molecule has 0 rings (SSSR count). The van der Waals surface area contributed by atoms with Crippen LogP contribution in [0.15, 0.2) is 0 Å². The highest BCUT2D eigenvalue weighted by Crippen LogP contribution is 2.21. The monoisotopic (exact) mass is 226 g/mol. The van der Waals surface area contributed by atoms with E-state index in [-0.39, 0.29) is 17.6 Å². The first-order chi connectivity index (χ1) is 7.33. The molecule has 0 aliphatic rings. The van der Waals surface area contributed by atoms with E-state index >= 15 is 0 Å². The third kappa shape index (κ3) is 7.67. The van der Waals surface area contributed by atoms with Crippen LogP contribution in [0.3, 0.4) is 0 Å². The summed E-state index contributed by atoms with van der Waals surface area (Å²) in [6.45, 7) is 9.34. The number of hydrogen-bond donors (Lipinski definition) is 2. The average molecular weight is 226 g/mol. The lowest BCUT2D eigenvalue weighted by molar-refractivity contribution is 0.230. The van der Waals surface area contributed by atoms with E-state index in [1.807, 2.05) is 13.8 Å². The molecule has 0 aliphatic heterocycles. The summed E-state index contributed by atoms with van der Waals surface area (Å²) in [6, 6.07) is 2.32. The smallest absolute Gasteiger partial charge is 0.0683 e. The second kappa shape index (κ2) is 6.88. The number of aliphatic hydroxyl groups is 1. The minimum atomic E-state index is -0.194. The third-order valence-corrected chi connectivity index (χ3v) is 2.87. The van der Waals surface area contributed by atoms with Gasteiger partial charge in [-0.05, 0) is 53.5 Å². The van der Waals surface area contributed by atoms with Crippen LogP contribution in [0.1, 0.15) is 53.4 Å². The maximum Gasteiger partial charge on any atom is 0.0683 e. The summed E-state index contributed by atoms with van der Waals surface area (Å²) >= 11 is 0. The van der Waals surface area contributed by atoms with Gasteiger partial charge in [-0.15, -0.1) is 0 Å². The molecule has 0 atom stereocenters. The van der Waals surface area contributed by atoms with Crippen LogP contribution in [0.25, 0.3) is 0 Å². The fraction of sp³-hybridized carbons (Fsp3) is 0.923. The lowest BCUT2D eigenvalue weighted by Gasteiger charge is -2.25. The van der Waals surface area contributed by atoms with Crippen molar-refractivity contribution in [3.05, 3.63) is 0 Å². The fourth-order valence-electron chi connectivity index (χ4n) is 1.54. The van der Waals surface area contributed by atoms with Gasteiger partial charge in [0.05, 0.1) is 11.5 Å². The lowest BCUT2D eigenvalue weighted by atomic mass is 9.89. The summed E-state index contributed by atoms with van der Waals surface area (Å²) in [5.74, 6) is 0. The number of rotatable bonds is 8. The summed E-state index contributed by atoms with van der Waals surface area (Å²) in [7, 11) is 0. The van der Waals surface area contributed by atoms with Gasteiger partial charge in [-0.25, -0.2) is 0 Å². The molecule has 0 aromatic heterocycles. The normalized spacial score (nSPS) is 12.5. The van der Waals surface area contributed by atoms with E-state index in [0.29, 0.717) is 0 Å². The first kappa shape index (κ1) is 15.4. The number of nitriles is 1. The van der Waals surface area contributed by atoms with E-state index in [1.54, 1.807) is 0 Å². The zero-order valence-corrected chi connectivity index (χ0v) is 11.1. The topological polar surface area (TPSA) is 56.0 Å². The van der Waals surface area contributed by atoms with Crippen LogP contribution in [0.2, 0.25) is 0 Å². The minimum absolute atomic E-state index is 0.0134. The van der Waals surface area contributed by atoms with E-state index in [1.165, 1.54) is 0 Å². The molecule has 16 heavy (non-hydrogen) atoms. The summed E-state index contributed by atoms with van der Waals surface area (Å²) in [4.78, 5) is 0. The molecule has 0 saturated carbocycles. The Morgan fingerprint density at radius 1 is 1.12 bits per heavy atom. The summed E-state index contributed by atoms with van der Waals surface area (Å²) < 4.78 is 0. The van der Waals surface area contributed by atoms with Crippen molar-refractivity contribution in [2.75, 3.05) is 13.2 Å². The summed E-state index contributed by atoms with van der Waals surface area (Å²) in [5, 5.41) is 21.1. The molecule has 94 valence electrons. The fourth-order valence-corrected chi connectivity index (χ4v) is 1.54. The van der Waals surface area contributed by atoms with Crippen LogP contribution in [0.5, 0.6) is 0 Å². The molecule has 0 fully saturated rings. The molecule has 0 heterocycles. The van der Waals surface area contributed by atoms with Gasteiger partial charge < -0.3 is 10.4 Å². The van der Waals surface area contributed by atoms with Gasteiger partial charge in [-0.1, -0.05) is 6.42 Å². The molecular formula is C13H26N2O. The number of nitrogens with one attached hydrogen (secondary N) is 1. The van der Waals surface area contributed by atoms with Gasteiger partial charge in [0.1, 0.15) is 0 Å². The average Bonchev–Trinajstić information content (AvgIpc) is 2.17. The second-order valence-corrected chi connectivity index (χ2v) is 5.74. The van der Waals surface area contributed by atoms with E-state index < -0.39 is 0 Å². The van der Waals surface area contributed by atoms with E-state index in [0.717, 1.165) is 32.2 Å². The molecule has 0 amide bonds. The Labute approximate surface area is 99.9 Å². The molecule has 0 unspecified atom stereocenters. The molecule has 0 aromatic carbocycles. The molecule has 0 spiro atoms. The van der Waals surface area contributed by atoms with Crippen molar-refractivity contribution >= 4 is 0 Å². The van der Waals surface area contributed by atoms with E-state index in [9.17, 15) is 0 Å². The Balaban J connectivity index is 3.59. The Kier molecular flexibility index (Phi) is 6.62. The molecule has 2 N–H and O–H groups in total. The van der Waals surface area contributed by atoms with E-state index in [2.05, 4.69) is 25.2 Å². The maximum absolute atomic E-state index is 8.87. The quantitative estimate of drug-likeness (QED) is 0.625. The number of hydrogen-bond acceptors (Lipinski definition) is 3. The first-order valence-corrected chi connectivity index (χ1v) is 6.10. The van der Waals surface area contributed by atoms with Crippen molar-refractivity contribution in [3.8, 4) is 6.07 Å². The van der Waals surface area contributed by atoms with Gasteiger partial charge in [-0.3, -0.25) is 0 Å². The highest BCUT2D eigenvalue weighted by molar-refractivity contribution is 4.91. The van der Waals surface area contributed by atoms with Gasteiger partial charge in [0, 0.05) is 12.1 Å². The minimum Gasteiger partial charge on any atom is -0.396 e. The van der Waals surface area contributed by atoms with Crippen molar-refractivity contribution in [1.29, 1.82) is 5.26 Å². The Morgan fingerprint density at radius 3 is 2.25 bits per heavy atom. The highest BCUT2D eigenvalue weighted by atomic mass is 16.3. The Bertz CT molecular complexity index is 229. The van der Waals surface area contributed by atoms with Crippen molar-refractivity contribution in [2.45, 2.75) is 58.9 Å². The van der Waals surface area contributed by atoms with Crippen LogP contribution in [-0.2, 0) is 0 Å². The lowest BCUT2D eigenvalue weighted by Crippen LogP contribution is -2.40. The van der Waals surface area contributed by atoms with Gasteiger partial charge >= 0.3 is 0 Å². The molecule has 3 nitrogen and oxygen atoms in total. The van der Waals surface area contributed by atoms with Gasteiger partial charge in [0.25, 0.3) is 0 Å². The van der Waals surface area contributed by atoms with Crippen molar-refractivity contribution in [1.82, 2.24) is 5.32 Å². The highest BCUT2D eigenvalue weighted by Gasteiger charge is 2.17. The zero-order chi connectivity index (χ0) is 12.7. The van der Waals surface area contributed by atoms with Gasteiger partial charge in [0.15, 0.2) is 0 Å². The maximum atomic E-state index is 8.87. The molecule has 0 aliphatic carbocycles. The van der Waals surface area contributed by atoms with Crippen molar-refractivity contribution in [2.24, 2.45) is 5.41 Å². The van der Waals surface area contributed by atoms with Crippen LogP contribution < -0.4 is 5.32 Å². The zero-order valence-electron chi connectivity index (χ0n) is 11.1. The molecule has 0 bridgehead atoms. The summed E-state index contributed by atoms with van der Waals surface area (Å²) in [6.07, 6.45) is 3.88. The van der Waals surface area contributed by atoms with Crippen molar-refractivity contribution in [3.63, 3.8) is 0 Å². The van der Waals surface area contributed by atoms with Crippen LogP contribution in [-0.4, -0.2) is 23.8 Å². The van der Waals surface area contributed by atoms with Crippen LogP contribution >= 0.6 is 0 Å². The van der Waals surface area contributed by atoms with Crippen molar-refractivity contribution < 1.29 is 5.11 Å². The molecular weight excluding hydrogens is 200 g/mol. The third-order valence-electron chi connectivity index (χ3n) is 2.87. The van der Waals surface area contributed by atoms with Gasteiger partial charge in [0.2, 0.25) is 0 Å². The molecule has 0 radical (unpaired) electrons. The van der Waals surface area contributed by atoms with Crippen LogP contribution in [0.4, 0.5) is 0 Å². The number of aliphatic hydroxyl groups excluding tert-OH is 1. The Morgan fingerprint density at radius 2 is 1.75 bits per heavy atom. The summed E-state index contributed by atoms with van der Waals surface area (Å²) in [5.41, 5.74) is -0.180. The second-order valence-electron chi connectivity index (χ2n) is 5.74. The number of nitrogens with zero attached hydrogens (tertiary/aromatic N) is 1. The van der Waals surface area contributed by atoms with Gasteiger partial charge in [-0.2, -0.15) is 5.26 Å². The predicted octanol–water partition coefficient (Wildman–Crippen LogP) is 2.46. The first-order valence-electron chi connectivity index (χ1n) is 6.10. The molecule has 0 saturated heterocycles. The Hall–Kier alpha value is -0.590. The largest absolute Gasteiger partial charge is 0.396 e. The standard InChI is InChI=1S/C13H26N2O/c1-12(2,11-14)7-5-6-9-15-13(3,4)8-10-16/h15-16H,5-10H2,1-4H3. The predicted molar refractivity (Wildman–Crippen MR) is 67.0 cm³/mol. The molecule has 3 heteroatoms. The molecule has 0 aromatic rings. The van der Waals surface area contributed by atoms with Crippen LogP contribution in [0, 0.1) is 16.7 Å². The SMILES string of the molecule is CC(C)(C#N)CCCCNC(C)(C)CCO. The number of unbranched alkanes of at least 4 members (excludes halogenated alkanes) is 1. The van der Waals surface area contributed by atoms with E-state index in [4.69, 9.17) is 10.4 Å².